The van der Waals surface area contributed by atoms with E-state index in [1.165, 1.54) is 0 Å². The first-order valence-corrected chi connectivity index (χ1v) is 8.56. The van der Waals surface area contributed by atoms with Crippen LogP contribution < -0.4 is 5.73 Å². The van der Waals surface area contributed by atoms with Crippen molar-refractivity contribution in [3.63, 3.8) is 0 Å². The van der Waals surface area contributed by atoms with Crippen LogP contribution in [0.15, 0.2) is 24.3 Å². The van der Waals surface area contributed by atoms with E-state index in [0.717, 1.165) is 5.56 Å². The van der Waals surface area contributed by atoms with Gasteiger partial charge in [-0.15, -0.1) is 12.4 Å². The molecule has 0 aliphatic carbocycles. The van der Waals surface area contributed by atoms with E-state index >= 15 is 0 Å². The fourth-order valence-corrected chi connectivity index (χ4v) is 3.07. The highest BCUT2D eigenvalue weighted by Crippen LogP contribution is 2.24. The molecule has 1 aliphatic rings. The molecule has 1 heterocycles. The molecular formula is C19H30ClN3O2. The number of carbonyl (C=O) groups excluding carboxylic acids is 2. The number of nitrogens with two attached hydrogens (primary N) is 1. The molecule has 1 aromatic carbocycles. The van der Waals surface area contributed by atoms with Crippen LogP contribution in [0.25, 0.3) is 0 Å². The summed E-state index contributed by atoms with van der Waals surface area (Å²) < 4.78 is 0. The van der Waals surface area contributed by atoms with Crippen molar-refractivity contribution >= 4 is 24.2 Å². The number of carbonyl (C=O) groups is 2. The highest BCUT2D eigenvalue weighted by atomic mass is 35.5. The van der Waals surface area contributed by atoms with Crippen molar-refractivity contribution in [3.05, 3.63) is 35.4 Å². The van der Waals surface area contributed by atoms with Gasteiger partial charge in [-0.25, -0.2) is 0 Å². The minimum atomic E-state index is -0.486. The first-order chi connectivity index (χ1) is 11.1. The van der Waals surface area contributed by atoms with Gasteiger partial charge in [-0.2, -0.15) is 0 Å². The normalized spacial score (nSPS) is 17.9. The van der Waals surface area contributed by atoms with Crippen LogP contribution in [0.5, 0.6) is 0 Å². The molecule has 2 rings (SSSR count). The molecule has 1 saturated heterocycles. The second-order valence-corrected chi connectivity index (χ2v) is 7.66. The molecule has 0 unspecified atom stereocenters. The summed E-state index contributed by atoms with van der Waals surface area (Å²) in [6.45, 7) is 11.5. The molecular weight excluding hydrogens is 338 g/mol. The first-order valence-electron chi connectivity index (χ1n) is 8.56. The third-order valence-electron chi connectivity index (χ3n) is 4.76. The Balaban J connectivity index is 0.00000312. The first kappa shape index (κ1) is 21.5. The van der Waals surface area contributed by atoms with Crippen molar-refractivity contribution in [2.45, 2.75) is 46.2 Å². The molecule has 5 nitrogen and oxygen atoms in total. The molecule has 1 fully saturated rings. The van der Waals surface area contributed by atoms with E-state index in [9.17, 15) is 9.59 Å². The predicted molar refractivity (Wildman–Crippen MR) is 103 cm³/mol. The van der Waals surface area contributed by atoms with E-state index in [1.54, 1.807) is 4.90 Å². The lowest BCUT2D eigenvalue weighted by molar-refractivity contribution is -0.137. The van der Waals surface area contributed by atoms with E-state index in [4.69, 9.17) is 5.73 Å². The molecule has 2 amide bonds. The third-order valence-corrected chi connectivity index (χ3v) is 4.76. The van der Waals surface area contributed by atoms with Gasteiger partial charge in [0, 0.05) is 25.2 Å². The Morgan fingerprint density at radius 3 is 2.16 bits per heavy atom. The van der Waals surface area contributed by atoms with E-state index in [2.05, 4.69) is 0 Å². The highest BCUT2D eigenvalue weighted by Gasteiger charge is 2.39. The minimum Gasteiger partial charge on any atom is -0.337 e. The Hall–Kier alpha value is -1.59. The summed E-state index contributed by atoms with van der Waals surface area (Å²) in [4.78, 5) is 29.0. The molecule has 1 atom stereocenters. The molecule has 0 saturated carbocycles. The third kappa shape index (κ3) is 4.73. The maximum Gasteiger partial charge on any atom is 0.254 e. The molecule has 0 radical (unpaired) electrons. The quantitative estimate of drug-likeness (QED) is 0.892. The predicted octanol–water partition coefficient (Wildman–Crippen LogP) is 2.46. The SMILES string of the molecule is Cc1ccc(C(=O)N2CCN(C(=O)[C@@H](N)C(C)C)CC2(C)C)cc1.Cl. The van der Waals surface area contributed by atoms with Crippen LogP contribution in [0, 0.1) is 12.8 Å². The number of halogens is 1. The number of rotatable bonds is 3. The summed E-state index contributed by atoms with van der Waals surface area (Å²) in [7, 11) is 0. The van der Waals surface area contributed by atoms with E-state index in [-0.39, 0.29) is 30.1 Å². The zero-order chi connectivity index (χ0) is 18.1. The molecule has 25 heavy (non-hydrogen) atoms. The second-order valence-electron chi connectivity index (χ2n) is 7.66. The number of hydrogen-bond donors (Lipinski definition) is 1. The van der Waals surface area contributed by atoms with Crippen LogP contribution in [0.3, 0.4) is 0 Å². The number of hydrogen-bond acceptors (Lipinski definition) is 3. The summed E-state index contributed by atoms with van der Waals surface area (Å²) in [6.07, 6.45) is 0. The molecule has 1 aliphatic heterocycles. The zero-order valence-corrected chi connectivity index (χ0v) is 16.6. The molecule has 0 aromatic heterocycles. The van der Waals surface area contributed by atoms with Gasteiger partial charge in [-0.3, -0.25) is 9.59 Å². The second kappa shape index (κ2) is 8.19. The largest absolute Gasteiger partial charge is 0.337 e. The van der Waals surface area contributed by atoms with Crippen molar-refractivity contribution in [1.82, 2.24) is 9.80 Å². The van der Waals surface area contributed by atoms with Crippen molar-refractivity contribution in [1.29, 1.82) is 0 Å². The lowest BCUT2D eigenvalue weighted by atomic mass is 9.95. The van der Waals surface area contributed by atoms with Gasteiger partial charge in [0.2, 0.25) is 5.91 Å². The minimum absolute atomic E-state index is 0. The van der Waals surface area contributed by atoms with Gasteiger partial charge in [-0.05, 0) is 38.8 Å². The summed E-state index contributed by atoms with van der Waals surface area (Å²) >= 11 is 0. The van der Waals surface area contributed by atoms with E-state index < -0.39 is 11.6 Å². The van der Waals surface area contributed by atoms with Crippen molar-refractivity contribution in [2.75, 3.05) is 19.6 Å². The van der Waals surface area contributed by atoms with Crippen molar-refractivity contribution in [3.8, 4) is 0 Å². The molecule has 2 N–H and O–H groups in total. The summed E-state index contributed by atoms with van der Waals surface area (Å²) in [5, 5.41) is 0. The van der Waals surface area contributed by atoms with Crippen LogP contribution >= 0.6 is 12.4 Å². The van der Waals surface area contributed by atoms with Gasteiger partial charge < -0.3 is 15.5 Å². The Labute approximate surface area is 157 Å². The van der Waals surface area contributed by atoms with Gasteiger partial charge in [0.15, 0.2) is 0 Å². The van der Waals surface area contributed by atoms with Gasteiger partial charge in [0.05, 0.1) is 11.6 Å². The molecule has 0 bridgehead atoms. The van der Waals surface area contributed by atoms with Gasteiger partial charge >= 0.3 is 0 Å². The standard InChI is InChI=1S/C19H29N3O2.ClH/c1-13(2)16(20)18(24)21-10-11-22(19(4,5)12-21)17(23)15-8-6-14(3)7-9-15;/h6-9,13,16H,10-12,20H2,1-5H3;1H/t16-;/m0./s1. The summed E-state index contributed by atoms with van der Waals surface area (Å²) in [5.74, 6) is 0.0913. The average Bonchev–Trinajstić information content (AvgIpc) is 2.52. The topological polar surface area (TPSA) is 66.6 Å². The monoisotopic (exact) mass is 367 g/mol. The molecule has 140 valence electrons. The van der Waals surface area contributed by atoms with E-state index in [1.807, 2.05) is 63.8 Å². The molecule has 1 aromatic rings. The highest BCUT2D eigenvalue weighted by molar-refractivity contribution is 5.95. The maximum atomic E-state index is 12.8. The van der Waals surface area contributed by atoms with Crippen molar-refractivity contribution in [2.24, 2.45) is 11.7 Å². The Kier molecular flexibility index (Phi) is 7.03. The maximum absolute atomic E-state index is 12.8. The number of amides is 2. The smallest absolute Gasteiger partial charge is 0.254 e. The van der Waals surface area contributed by atoms with Crippen LogP contribution in [0.4, 0.5) is 0 Å². The lowest BCUT2D eigenvalue weighted by Gasteiger charge is -2.47. The van der Waals surface area contributed by atoms with Crippen LogP contribution in [-0.4, -0.2) is 52.8 Å². The zero-order valence-electron chi connectivity index (χ0n) is 15.8. The fourth-order valence-electron chi connectivity index (χ4n) is 3.07. The van der Waals surface area contributed by atoms with Crippen molar-refractivity contribution < 1.29 is 9.59 Å². The number of benzene rings is 1. The average molecular weight is 368 g/mol. The van der Waals surface area contributed by atoms with Crippen LogP contribution in [0.2, 0.25) is 0 Å². The number of nitrogens with zero attached hydrogens (tertiary/aromatic N) is 2. The summed E-state index contributed by atoms with van der Waals surface area (Å²) in [6, 6.07) is 7.13. The number of aryl methyl sites for hydroxylation is 1. The molecule has 0 spiro atoms. The van der Waals surface area contributed by atoms with Gasteiger partial charge in [-0.1, -0.05) is 31.5 Å². The number of piperazine rings is 1. The van der Waals surface area contributed by atoms with Crippen LogP contribution in [-0.2, 0) is 4.79 Å². The van der Waals surface area contributed by atoms with E-state index in [0.29, 0.717) is 25.2 Å². The van der Waals surface area contributed by atoms with Gasteiger partial charge in [0.25, 0.3) is 5.91 Å². The fraction of sp³-hybridized carbons (Fsp3) is 0.579. The Bertz CT molecular complexity index is 614. The Morgan fingerprint density at radius 1 is 1.12 bits per heavy atom. The van der Waals surface area contributed by atoms with Crippen LogP contribution in [0.1, 0.15) is 43.6 Å². The van der Waals surface area contributed by atoms with Gasteiger partial charge in [0.1, 0.15) is 0 Å². The Morgan fingerprint density at radius 2 is 1.68 bits per heavy atom. The summed E-state index contributed by atoms with van der Waals surface area (Å²) in [5.41, 5.74) is 7.40. The molecule has 6 heteroatoms. The lowest BCUT2D eigenvalue weighted by Crippen LogP contribution is -2.64.